The maximum atomic E-state index is 12.5. The summed E-state index contributed by atoms with van der Waals surface area (Å²) in [5.41, 5.74) is 2.45. The molecule has 3 aromatic carbocycles. The van der Waals surface area contributed by atoms with Gasteiger partial charge in [0.15, 0.2) is 0 Å². The summed E-state index contributed by atoms with van der Waals surface area (Å²) in [5, 5.41) is 2.79. The van der Waals surface area contributed by atoms with Crippen molar-refractivity contribution in [3.63, 3.8) is 0 Å². The quantitative estimate of drug-likeness (QED) is 0.542. The Labute approximate surface area is 177 Å². The number of ether oxygens (including phenoxy) is 1. The number of benzene rings is 3. The van der Waals surface area contributed by atoms with E-state index in [1.165, 1.54) is 0 Å². The molecule has 156 valence electrons. The van der Waals surface area contributed by atoms with Crippen molar-refractivity contribution in [2.24, 2.45) is 0 Å². The van der Waals surface area contributed by atoms with Gasteiger partial charge in [-0.25, -0.2) is 8.42 Å². The molecule has 0 radical (unpaired) electrons. The summed E-state index contributed by atoms with van der Waals surface area (Å²) in [5.74, 6) is 0.462. The molecule has 2 N–H and O–H groups in total. The summed E-state index contributed by atoms with van der Waals surface area (Å²) >= 11 is 0. The lowest BCUT2D eigenvalue weighted by atomic mass is 10.2. The third-order valence-electron chi connectivity index (χ3n) is 4.32. The Morgan fingerprint density at radius 2 is 1.47 bits per heavy atom. The van der Waals surface area contributed by atoms with Crippen LogP contribution in [0.1, 0.15) is 29.3 Å². The Bertz CT molecular complexity index is 1090. The predicted molar refractivity (Wildman–Crippen MR) is 119 cm³/mol. The van der Waals surface area contributed by atoms with Crippen molar-refractivity contribution < 1.29 is 17.9 Å². The second-order valence-corrected chi connectivity index (χ2v) is 8.51. The van der Waals surface area contributed by atoms with Crippen molar-refractivity contribution in [1.82, 2.24) is 0 Å². The summed E-state index contributed by atoms with van der Waals surface area (Å²) in [4.78, 5) is 12.6. The molecule has 0 atom stereocenters. The van der Waals surface area contributed by atoms with E-state index in [4.69, 9.17) is 4.74 Å². The minimum Gasteiger partial charge on any atom is -0.494 e. The normalized spacial score (nSPS) is 11.0. The third-order valence-corrected chi connectivity index (χ3v) is 5.71. The van der Waals surface area contributed by atoms with E-state index in [1.54, 1.807) is 72.8 Å². The first-order chi connectivity index (χ1) is 14.4. The SMILES string of the molecule is CCCOc1ccc(C(=O)Nc2ccc(NS(=O)(=O)c3ccc(C)cc3)cc2)cc1. The highest BCUT2D eigenvalue weighted by atomic mass is 32.2. The van der Waals surface area contributed by atoms with E-state index >= 15 is 0 Å². The van der Waals surface area contributed by atoms with Crippen LogP contribution >= 0.6 is 0 Å². The van der Waals surface area contributed by atoms with Gasteiger partial charge in [-0.15, -0.1) is 0 Å². The van der Waals surface area contributed by atoms with E-state index in [2.05, 4.69) is 10.0 Å². The molecule has 3 rings (SSSR count). The average Bonchev–Trinajstić information content (AvgIpc) is 2.74. The maximum Gasteiger partial charge on any atom is 0.261 e. The Morgan fingerprint density at radius 3 is 2.07 bits per heavy atom. The van der Waals surface area contributed by atoms with Crippen LogP contribution in [0.15, 0.2) is 77.7 Å². The molecule has 7 heteroatoms. The van der Waals surface area contributed by atoms with Crippen LogP contribution in [0.3, 0.4) is 0 Å². The van der Waals surface area contributed by atoms with Gasteiger partial charge in [0.05, 0.1) is 11.5 Å². The molecule has 1 amide bonds. The van der Waals surface area contributed by atoms with E-state index < -0.39 is 10.0 Å². The Morgan fingerprint density at radius 1 is 0.867 bits per heavy atom. The minimum absolute atomic E-state index is 0.192. The van der Waals surface area contributed by atoms with Gasteiger partial charge in [-0.1, -0.05) is 24.6 Å². The van der Waals surface area contributed by atoms with E-state index in [0.717, 1.165) is 17.7 Å². The molecule has 6 nitrogen and oxygen atoms in total. The van der Waals surface area contributed by atoms with Crippen molar-refractivity contribution in [3.8, 4) is 5.75 Å². The van der Waals surface area contributed by atoms with Gasteiger partial charge >= 0.3 is 0 Å². The molecule has 0 heterocycles. The number of nitrogens with one attached hydrogen (secondary N) is 2. The second kappa shape index (κ2) is 9.45. The van der Waals surface area contributed by atoms with Gasteiger partial charge in [0, 0.05) is 16.9 Å². The Kier molecular flexibility index (Phi) is 6.74. The van der Waals surface area contributed by atoms with Gasteiger partial charge in [0.1, 0.15) is 5.75 Å². The zero-order chi connectivity index (χ0) is 21.6. The molecule has 0 saturated heterocycles. The van der Waals surface area contributed by atoms with Crippen LogP contribution in [0, 0.1) is 6.92 Å². The topological polar surface area (TPSA) is 84.5 Å². The molecule has 0 aromatic heterocycles. The highest BCUT2D eigenvalue weighted by Crippen LogP contribution is 2.20. The fourth-order valence-electron chi connectivity index (χ4n) is 2.68. The zero-order valence-electron chi connectivity index (χ0n) is 16.9. The van der Waals surface area contributed by atoms with Crippen LogP contribution in [-0.2, 0) is 10.0 Å². The number of carbonyl (C=O) groups is 1. The van der Waals surface area contributed by atoms with Gasteiger partial charge in [0.2, 0.25) is 0 Å². The lowest BCUT2D eigenvalue weighted by Crippen LogP contribution is -2.14. The van der Waals surface area contributed by atoms with E-state index in [1.807, 2.05) is 13.8 Å². The van der Waals surface area contributed by atoms with Crippen molar-refractivity contribution in [3.05, 3.63) is 83.9 Å². The summed E-state index contributed by atoms with van der Waals surface area (Å²) in [6.07, 6.45) is 0.916. The average molecular weight is 425 g/mol. The molecule has 30 heavy (non-hydrogen) atoms. The molecule has 0 unspecified atom stereocenters. The van der Waals surface area contributed by atoms with Gasteiger partial charge in [-0.2, -0.15) is 0 Å². The number of hydrogen-bond acceptors (Lipinski definition) is 4. The molecule has 0 fully saturated rings. The largest absolute Gasteiger partial charge is 0.494 e. The highest BCUT2D eigenvalue weighted by molar-refractivity contribution is 7.92. The van der Waals surface area contributed by atoms with Crippen LogP contribution in [0.2, 0.25) is 0 Å². The summed E-state index contributed by atoms with van der Waals surface area (Å²) in [6.45, 7) is 4.55. The number of hydrogen-bond donors (Lipinski definition) is 2. The van der Waals surface area contributed by atoms with Crippen LogP contribution in [0.4, 0.5) is 11.4 Å². The van der Waals surface area contributed by atoms with E-state index in [9.17, 15) is 13.2 Å². The van der Waals surface area contributed by atoms with Crippen LogP contribution in [0.5, 0.6) is 5.75 Å². The molecule has 3 aromatic rings. The van der Waals surface area contributed by atoms with Crippen molar-refractivity contribution >= 4 is 27.3 Å². The number of rotatable bonds is 8. The van der Waals surface area contributed by atoms with Crippen LogP contribution in [0.25, 0.3) is 0 Å². The van der Waals surface area contributed by atoms with Gasteiger partial charge in [-0.3, -0.25) is 9.52 Å². The lowest BCUT2D eigenvalue weighted by molar-refractivity contribution is 0.102. The van der Waals surface area contributed by atoms with E-state index in [0.29, 0.717) is 23.5 Å². The smallest absolute Gasteiger partial charge is 0.261 e. The number of amides is 1. The fourth-order valence-corrected chi connectivity index (χ4v) is 3.74. The predicted octanol–water partition coefficient (Wildman–Crippen LogP) is 4.84. The minimum atomic E-state index is -3.67. The fraction of sp³-hybridized carbons (Fsp3) is 0.174. The molecular formula is C23H24N2O4S. The first-order valence-electron chi connectivity index (χ1n) is 9.61. The van der Waals surface area contributed by atoms with Gasteiger partial charge in [0.25, 0.3) is 15.9 Å². The highest BCUT2D eigenvalue weighted by Gasteiger charge is 2.14. The molecule has 0 saturated carbocycles. The van der Waals surface area contributed by atoms with Crippen molar-refractivity contribution in [1.29, 1.82) is 0 Å². The molecule has 0 aliphatic carbocycles. The number of sulfonamides is 1. The number of aryl methyl sites for hydroxylation is 1. The summed E-state index contributed by atoms with van der Waals surface area (Å²) in [6, 6.07) is 20.0. The molecule has 0 aliphatic rings. The standard InChI is InChI=1S/C23H24N2O4S/c1-3-16-29-21-12-6-18(7-13-21)23(26)24-19-8-10-20(11-9-19)25-30(27,28)22-14-4-17(2)5-15-22/h4-15,25H,3,16H2,1-2H3,(H,24,26). The van der Waals surface area contributed by atoms with Gasteiger partial charge < -0.3 is 10.1 Å². The molecule has 0 aliphatic heterocycles. The zero-order valence-corrected chi connectivity index (χ0v) is 17.7. The lowest BCUT2D eigenvalue weighted by Gasteiger charge is -2.10. The first kappa shape index (κ1) is 21.4. The maximum absolute atomic E-state index is 12.5. The van der Waals surface area contributed by atoms with Crippen LogP contribution in [-0.4, -0.2) is 20.9 Å². The van der Waals surface area contributed by atoms with E-state index in [-0.39, 0.29) is 10.8 Å². The van der Waals surface area contributed by atoms with Crippen molar-refractivity contribution in [2.45, 2.75) is 25.2 Å². The molecule has 0 bridgehead atoms. The van der Waals surface area contributed by atoms with Crippen LogP contribution < -0.4 is 14.8 Å². The summed E-state index contributed by atoms with van der Waals surface area (Å²) < 4.78 is 33.0. The van der Waals surface area contributed by atoms with Gasteiger partial charge in [-0.05, 0) is 74.0 Å². The number of anilines is 2. The molecule has 0 spiro atoms. The second-order valence-electron chi connectivity index (χ2n) is 6.82. The monoisotopic (exact) mass is 424 g/mol. The molecular weight excluding hydrogens is 400 g/mol. The Balaban J connectivity index is 1.62. The Hall–Kier alpha value is -3.32. The summed E-state index contributed by atoms with van der Waals surface area (Å²) in [7, 11) is -3.67. The van der Waals surface area contributed by atoms with Crippen molar-refractivity contribution in [2.75, 3.05) is 16.6 Å². The third kappa shape index (κ3) is 5.61. The first-order valence-corrected chi connectivity index (χ1v) is 11.1. The number of carbonyl (C=O) groups excluding carboxylic acids is 1.